The van der Waals surface area contributed by atoms with Gasteiger partial charge in [0.2, 0.25) is 0 Å². The molecule has 4 rings (SSSR count). The zero-order valence-corrected chi connectivity index (χ0v) is 21.8. The van der Waals surface area contributed by atoms with Gasteiger partial charge in [-0.3, -0.25) is 0 Å². The van der Waals surface area contributed by atoms with Crippen LogP contribution in [0.4, 0.5) is 37.7 Å². The fourth-order valence-corrected chi connectivity index (χ4v) is 5.13. The molecule has 2 aromatic carbocycles. The average Bonchev–Trinajstić information content (AvgIpc) is 2.84. The predicted molar refractivity (Wildman–Crippen MR) is 140 cm³/mol. The van der Waals surface area contributed by atoms with Gasteiger partial charge in [-0.1, -0.05) is 6.42 Å². The van der Waals surface area contributed by atoms with E-state index in [1.54, 1.807) is 12.1 Å². The maximum atomic E-state index is 12.7. The van der Waals surface area contributed by atoms with Crippen molar-refractivity contribution in [3.05, 3.63) is 58.7 Å². The molecule has 0 spiro atoms. The molecule has 0 saturated carbocycles. The van der Waals surface area contributed by atoms with Crippen molar-refractivity contribution < 1.29 is 26.3 Å². The van der Waals surface area contributed by atoms with Gasteiger partial charge in [0.15, 0.2) is 0 Å². The molecule has 0 atom stereocenters. The largest absolute Gasteiger partial charge is 0.416 e. The molecular formula is C28H38F6N4. The van der Waals surface area contributed by atoms with Crippen molar-refractivity contribution in [1.29, 1.82) is 0 Å². The minimum atomic E-state index is -4.32. The third-order valence-electron chi connectivity index (χ3n) is 7.23. The summed E-state index contributed by atoms with van der Waals surface area (Å²) in [5, 5.41) is 0. The number of hydrogen-bond donors (Lipinski definition) is 2. The first-order valence-electron chi connectivity index (χ1n) is 13.2. The van der Waals surface area contributed by atoms with Gasteiger partial charge < -0.3 is 21.3 Å². The lowest BCUT2D eigenvalue weighted by Crippen LogP contribution is -2.30. The van der Waals surface area contributed by atoms with E-state index in [4.69, 9.17) is 11.5 Å². The molecule has 38 heavy (non-hydrogen) atoms. The van der Waals surface area contributed by atoms with Crippen LogP contribution in [0.25, 0.3) is 0 Å². The van der Waals surface area contributed by atoms with Gasteiger partial charge in [-0.25, -0.2) is 0 Å². The molecule has 4 N–H and O–H groups in total. The summed E-state index contributed by atoms with van der Waals surface area (Å²) in [6, 6.07) is 7.77. The number of likely N-dealkylation sites (tertiary alicyclic amines) is 2. The van der Waals surface area contributed by atoms with Crippen LogP contribution in [0.5, 0.6) is 0 Å². The average molecular weight is 545 g/mol. The SMILES string of the molecule is CN1CCC(c2cc(N)cc(C(F)(F)F)c2)CC1.Nc1cc(CCCN2CCCCC2)cc(C(F)(F)F)c1. The van der Waals surface area contributed by atoms with Crippen molar-refractivity contribution in [3.63, 3.8) is 0 Å². The van der Waals surface area contributed by atoms with Crippen LogP contribution in [0.15, 0.2) is 36.4 Å². The maximum absolute atomic E-state index is 12.7. The number of nitrogen functional groups attached to an aromatic ring is 2. The number of nitrogens with two attached hydrogens (primary N) is 2. The number of nitrogens with zero attached hydrogens (tertiary/aromatic N) is 2. The minimum absolute atomic E-state index is 0.186. The molecule has 0 bridgehead atoms. The van der Waals surface area contributed by atoms with Crippen LogP contribution in [-0.4, -0.2) is 49.6 Å². The summed E-state index contributed by atoms with van der Waals surface area (Å²) >= 11 is 0. The molecule has 0 unspecified atom stereocenters. The van der Waals surface area contributed by atoms with E-state index in [-0.39, 0.29) is 17.3 Å². The number of anilines is 2. The fourth-order valence-electron chi connectivity index (χ4n) is 5.13. The third-order valence-corrected chi connectivity index (χ3v) is 7.23. The molecule has 2 aromatic rings. The predicted octanol–water partition coefficient (Wildman–Crippen LogP) is 6.80. The van der Waals surface area contributed by atoms with Crippen molar-refractivity contribution in [2.45, 2.75) is 63.2 Å². The van der Waals surface area contributed by atoms with Crippen molar-refractivity contribution in [1.82, 2.24) is 9.80 Å². The standard InChI is InChI=1S/C15H21F3N2.C13H17F3N2/c16-15(17,18)13-9-12(10-14(19)11-13)5-4-8-20-6-2-1-3-7-20;1-18-4-2-9(3-5-18)10-6-11(13(14,15)16)8-12(17)7-10/h9-11H,1-8,19H2;6-9H,2-5,17H2,1H3. The number of piperidine rings is 2. The molecule has 2 aliphatic rings. The van der Waals surface area contributed by atoms with Gasteiger partial charge in [0.1, 0.15) is 0 Å². The van der Waals surface area contributed by atoms with Crippen LogP contribution in [0.1, 0.15) is 66.7 Å². The summed E-state index contributed by atoms with van der Waals surface area (Å²) in [5.41, 5.74) is 11.6. The molecule has 0 aromatic heterocycles. The van der Waals surface area contributed by atoms with Crippen LogP contribution < -0.4 is 11.5 Å². The van der Waals surface area contributed by atoms with Gasteiger partial charge in [-0.2, -0.15) is 26.3 Å². The van der Waals surface area contributed by atoms with Crippen LogP contribution in [-0.2, 0) is 18.8 Å². The number of rotatable bonds is 5. The molecule has 0 amide bonds. The molecule has 0 radical (unpaired) electrons. The lowest BCUT2D eigenvalue weighted by Gasteiger charge is -2.29. The second-order valence-electron chi connectivity index (χ2n) is 10.4. The highest BCUT2D eigenvalue weighted by molar-refractivity contribution is 5.47. The number of hydrogen-bond acceptors (Lipinski definition) is 4. The van der Waals surface area contributed by atoms with Crippen molar-refractivity contribution in [3.8, 4) is 0 Å². The van der Waals surface area contributed by atoms with E-state index in [1.807, 2.05) is 7.05 Å². The van der Waals surface area contributed by atoms with Gasteiger partial charge in [0, 0.05) is 11.4 Å². The first kappa shape index (κ1) is 30.1. The summed E-state index contributed by atoms with van der Waals surface area (Å²) in [4.78, 5) is 4.58. The van der Waals surface area contributed by atoms with E-state index >= 15 is 0 Å². The zero-order valence-electron chi connectivity index (χ0n) is 21.8. The second-order valence-corrected chi connectivity index (χ2v) is 10.4. The Morgan fingerprint density at radius 3 is 1.87 bits per heavy atom. The zero-order chi connectivity index (χ0) is 27.9. The normalized spacial score (nSPS) is 18.2. The van der Waals surface area contributed by atoms with Crippen LogP contribution in [0.2, 0.25) is 0 Å². The van der Waals surface area contributed by atoms with Crippen LogP contribution >= 0.6 is 0 Å². The van der Waals surface area contributed by atoms with Crippen molar-refractivity contribution in [2.24, 2.45) is 0 Å². The first-order valence-corrected chi connectivity index (χ1v) is 13.2. The van der Waals surface area contributed by atoms with Crippen molar-refractivity contribution >= 4 is 11.4 Å². The van der Waals surface area contributed by atoms with E-state index in [1.165, 1.54) is 31.4 Å². The Kier molecular flexibility index (Phi) is 10.3. The maximum Gasteiger partial charge on any atom is 0.416 e. The number of aryl methyl sites for hydroxylation is 1. The Morgan fingerprint density at radius 2 is 1.29 bits per heavy atom. The molecule has 2 saturated heterocycles. The summed E-state index contributed by atoms with van der Waals surface area (Å²) in [6.45, 7) is 5.02. The molecule has 212 valence electrons. The smallest absolute Gasteiger partial charge is 0.399 e. The Labute approximate surface area is 221 Å². The quantitative estimate of drug-likeness (QED) is 0.321. The Hall–Kier alpha value is -2.46. The van der Waals surface area contributed by atoms with Gasteiger partial charge in [0.25, 0.3) is 0 Å². The van der Waals surface area contributed by atoms with E-state index in [0.29, 0.717) is 12.0 Å². The lowest BCUT2D eigenvalue weighted by molar-refractivity contribution is -0.138. The van der Waals surface area contributed by atoms with Crippen molar-refractivity contribution in [2.75, 3.05) is 51.2 Å². The summed E-state index contributed by atoms with van der Waals surface area (Å²) in [6.07, 6.45) is -1.60. The molecule has 4 nitrogen and oxygen atoms in total. The summed E-state index contributed by atoms with van der Waals surface area (Å²) in [7, 11) is 2.02. The topological polar surface area (TPSA) is 58.5 Å². The monoisotopic (exact) mass is 544 g/mol. The highest BCUT2D eigenvalue weighted by Crippen LogP contribution is 2.36. The van der Waals surface area contributed by atoms with Gasteiger partial charge in [0.05, 0.1) is 11.1 Å². The second kappa shape index (κ2) is 13.1. The number of benzene rings is 2. The van der Waals surface area contributed by atoms with Gasteiger partial charge in [-0.05, 0) is 132 Å². The molecule has 10 heteroatoms. The Balaban J connectivity index is 0.000000212. The fraction of sp³-hybridized carbons (Fsp3) is 0.571. The molecule has 2 fully saturated rings. The molecular weight excluding hydrogens is 506 g/mol. The van der Waals surface area contributed by atoms with E-state index < -0.39 is 23.5 Å². The van der Waals surface area contributed by atoms with Gasteiger partial charge >= 0.3 is 12.4 Å². The van der Waals surface area contributed by atoms with Crippen LogP contribution in [0.3, 0.4) is 0 Å². The van der Waals surface area contributed by atoms with Crippen LogP contribution in [0, 0.1) is 0 Å². The molecule has 0 aliphatic carbocycles. The summed E-state index contributed by atoms with van der Waals surface area (Å²) < 4.78 is 76.2. The number of alkyl halides is 6. The highest BCUT2D eigenvalue weighted by atomic mass is 19.4. The summed E-state index contributed by atoms with van der Waals surface area (Å²) in [5.74, 6) is 0.186. The molecule has 2 aliphatic heterocycles. The number of halogens is 6. The minimum Gasteiger partial charge on any atom is -0.399 e. The van der Waals surface area contributed by atoms with E-state index in [0.717, 1.165) is 69.7 Å². The Morgan fingerprint density at radius 1 is 0.737 bits per heavy atom. The molecule has 2 heterocycles. The first-order chi connectivity index (χ1) is 17.8. The highest BCUT2D eigenvalue weighted by Gasteiger charge is 2.32. The Bertz CT molecular complexity index is 1020. The third kappa shape index (κ3) is 9.38. The van der Waals surface area contributed by atoms with Gasteiger partial charge in [-0.15, -0.1) is 0 Å². The lowest BCUT2D eigenvalue weighted by atomic mass is 9.88. The van der Waals surface area contributed by atoms with E-state index in [9.17, 15) is 26.3 Å². The van der Waals surface area contributed by atoms with E-state index in [2.05, 4.69) is 9.80 Å².